The molecule has 14 heavy (non-hydrogen) atoms. The molecule has 2 rings (SSSR count). The Kier molecular flexibility index (Phi) is 2.30. The molecule has 74 valence electrons. The molecule has 1 atom stereocenters. The van der Waals surface area contributed by atoms with E-state index in [1.807, 2.05) is 0 Å². The van der Waals surface area contributed by atoms with Gasteiger partial charge in [0.05, 0.1) is 42.8 Å². The molecule has 0 saturated heterocycles. The van der Waals surface area contributed by atoms with Crippen LogP contribution in [0.4, 0.5) is 0 Å². The largest absolute Gasteiger partial charge is 0.394 e. The second-order valence-corrected chi connectivity index (χ2v) is 2.93. The molecule has 1 unspecified atom stereocenters. The van der Waals surface area contributed by atoms with Crippen LogP contribution in [0.5, 0.6) is 0 Å². The zero-order valence-corrected chi connectivity index (χ0v) is 7.46. The first-order chi connectivity index (χ1) is 6.83. The van der Waals surface area contributed by atoms with E-state index in [0.29, 0.717) is 0 Å². The first-order valence-electron chi connectivity index (χ1n) is 4.20. The van der Waals surface area contributed by atoms with Crippen molar-refractivity contribution in [1.29, 1.82) is 0 Å². The molecule has 0 aromatic carbocycles. The Hall–Kier alpha value is -1.66. The van der Waals surface area contributed by atoms with Crippen molar-refractivity contribution in [1.82, 2.24) is 19.7 Å². The van der Waals surface area contributed by atoms with Crippen molar-refractivity contribution in [2.75, 3.05) is 6.61 Å². The molecule has 0 fully saturated rings. The summed E-state index contributed by atoms with van der Waals surface area (Å²) in [5, 5.41) is 15.5. The average Bonchev–Trinajstić information content (AvgIpc) is 2.85. The smallest absolute Gasteiger partial charge is 0.0995 e. The van der Waals surface area contributed by atoms with Crippen LogP contribution >= 0.6 is 0 Å². The van der Waals surface area contributed by atoms with Gasteiger partial charge in [0.15, 0.2) is 0 Å². The number of aromatic amines is 1. The Morgan fingerprint density at radius 2 is 2.43 bits per heavy atom. The van der Waals surface area contributed by atoms with Crippen LogP contribution in [0.1, 0.15) is 11.7 Å². The molecule has 2 aromatic rings. The van der Waals surface area contributed by atoms with Gasteiger partial charge in [-0.25, -0.2) is 4.98 Å². The van der Waals surface area contributed by atoms with Gasteiger partial charge in [-0.05, 0) is 0 Å². The summed E-state index contributed by atoms with van der Waals surface area (Å²) in [5.74, 6) is 0. The minimum absolute atomic E-state index is 0.108. The summed E-state index contributed by atoms with van der Waals surface area (Å²) >= 11 is 0. The van der Waals surface area contributed by atoms with Gasteiger partial charge in [0.25, 0.3) is 0 Å². The van der Waals surface area contributed by atoms with E-state index in [0.717, 1.165) is 11.4 Å². The van der Waals surface area contributed by atoms with Crippen molar-refractivity contribution in [3.05, 3.63) is 30.6 Å². The lowest BCUT2D eigenvalue weighted by Gasteiger charge is -2.10. The van der Waals surface area contributed by atoms with Crippen LogP contribution in [0.15, 0.2) is 24.9 Å². The van der Waals surface area contributed by atoms with Crippen LogP contribution < -0.4 is 5.73 Å². The molecule has 0 aliphatic rings. The molecule has 0 spiro atoms. The third-order valence-electron chi connectivity index (χ3n) is 2.01. The van der Waals surface area contributed by atoms with Gasteiger partial charge in [0.2, 0.25) is 0 Å². The van der Waals surface area contributed by atoms with Gasteiger partial charge in [-0.3, -0.25) is 9.67 Å². The first kappa shape index (κ1) is 8.92. The number of aromatic nitrogens is 4. The second-order valence-electron chi connectivity index (χ2n) is 2.93. The molecule has 0 aliphatic carbocycles. The van der Waals surface area contributed by atoms with E-state index >= 15 is 0 Å². The fraction of sp³-hybridized carbons (Fsp3) is 0.250. The summed E-state index contributed by atoms with van der Waals surface area (Å²) in [7, 11) is 0. The number of H-pyrrole nitrogens is 1. The van der Waals surface area contributed by atoms with E-state index in [-0.39, 0.29) is 6.61 Å². The van der Waals surface area contributed by atoms with Crippen molar-refractivity contribution in [2.24, 2.45) is 5.73 Å². The van der Waals surface area contributed by atoms with Gasteiger partial charge in [-0.15, -0.1) is 0 Å². The van der Waals surface area contributed by atoms with Gasteiger partial charge < -0.3 is 10.8 Å². The molecule has 0 aliphatic heterocycles. The number of nitrogens with zero attached hydrogens (tertiary/aromatic N) is 3. The fourth-order valence-electron chi connectivity index (χ4n) is 1.26. The minimum Gasteiger partial charge on any atom is -0.394 e. The van der Waals surface area contributed by atoms with Crippen molar-refractivity contribution >= 4 is 0 Å². The highest BCUT2D eigenvalue weighted by Gasteiger charge is 2.11. The topological polar surface area (TPSA) is 92.8 Å². The van der Waals surface area contributed by atoms with Gasteiger partial charge in [-0.1, -0.05) is 0 Å². The van der Waals surface area contributed by atoms with Gasteiger partial charge >= 0.3 is 0 Å². The normalized spacial score (nSPS) is 13.0. The maximum absolute atomic E-state index is 8.94. The standard InChI is InChI=1S/C8H11N5O/c9-7(4-14)8-3-10-5-13(8)6-1-11-12-2-6/h1-3,5,7,14H,4,9H2,(H,11,12). The number of rotatable bonds is 3. The quantitative estimate of drug-likeness (QED) is 0.617. The van der Waals surface area contributed by atoms with E-state index in [1.54, 1.807) is 29.5 Å². The van der Waals surface area contributed by atoms with Crippen molar-refractivity contribution in [2.45, 2.75) is 6.04 Å². The Balaban J connectivity index is 2.40. The fourth-order valence-corrected chi connectivity index (χ4v) is 1.26. The Labute approximate surface area is 80.4 Å². The molecule has 4 N–H and O–H groups in total. The van der Waals surface area contributed by atoms with Crippen LogP contribution in [0.25, 0.3) is 5.69 Å². The number of aliphatic hydroxyl groups excluding tert-OH is 1. The number of nitrogens with two attached hydrogens (primary N) is 1. The SMILES string of the molecule is NC(CO)c1cncn1-c1cn[nH]c1. The summed E-state index contributed by atoms with van der Waals surface area (Å²) in [6.45, 7) is -0.108. The monoisotopic (exact) mass is 193 g/mol. The molecular weight excluding hydrogens is 182 g/mol. The summed E-state index contributed by atoms with van der Waals surface area (Å²) < 4.78 is 1.78. The number of nitrogens with one attached hydrogen (secondary N) is 1. The lowest BCUT2D eigenvalue weighted by atomic mass is 10.2. The molecule has 0 saturated carbocycles. The van der Waals surface area contributed by atoms with Crippen molar-refractivity contribution < 1.29 is 5.11 Å². The zero-order valence-electron chi connectivity index (χ0n) is 7.46. The van der Waals surface area contributed by atoms with E-state index < -0.39 is 6.04 Å². The van der Waals surface area contributed by atoms with E-state index in [2.05, 4.69) is 15.2 Å². The Bertz CT molecular complexity index is 394. The Morgan fingerprint density at radius 1 is 1.57 bits per heavy atom. The van der Waals surface area contributed by atoms with Gasteiger partial charge in [-0.2, -0.15) is 5.10 Å². The summed E-state index contributed by atoms with van der Waals surface area (Å²) in [4.78, 5) is 3.98. The highest BCUT2D eigenvalue weighted by atomic mass is 16.3. The van der Waals surface area contributed by atoms with Crippen LogP contribution in [0, 0.1) is 0 Å². The minimum atomic E-state index is -0.424. The van der Waals surface area contributed by atoms with Crippen LogP contribution in [0.2, 0.25) is 0 Å². The number of hydrogen-bond acceptors (Lipinski definition) is 4. The Morgan fingerprint density at radius 3 is 3.07 bits per heavy atom. The number of imidazole rings is 1. The highest BCUT2D eigenvalue weighted by Crippen LogP contribution is 2.14. The van der Waals surface area contributed by atoms with Crippen LogP contribution in [0.3, 0.4) is 0 Å². The van der Waals surface area contributed by atoms with Crippen molar-refractivity contribution in [3.63, 3.8) is 0 Å². The van der Waals surface area contributed by atoms with Crippen LogP contribution in [-0.4, -0.2) is 31.5 Å². The molecule has 0 radical (unpaired) electrons. The maximum Gasteiger partial charge on any atom is 0.0995 e. The molecule has 6 nitrogen and oxygen atoms in total. The number of aliphatic hydroxyl groups is 1. The second kappa shape index (κ2) is 3.60. The zero-order chi connectivity index (χ0) is 9.97. The highest BCUT2D eigenvalue weighted by molar-refractivity contribution is 5.28. The molecule has 2 aromatic heterocycles. The molecular formula is C8H11N5O. The molecule has 2 heterocycles. The lowest BCUT2D eigenvalue weighted by Crippen LogP contribution is -2.17. The van der Waals surface area contributed by atoms with Crippen molar-refractivity contribution in [3.8, 4) is 5.69 Å². The first-order valence-corrected chi connectivity index (χ1v) is 4.20. The van der Waals surface area contributed by atoms with E-state index in [4.69, 9.17) is 10.8 Å². The van der Waals surface area contributed by atoms with Gasteiger partial charge in [0, 0.05) is 6.20 Å². The number of hydrogen-bond donors (Lipinski definition) is 3. The molecule has 0 amide bonds. The van der Waals surface area contributed by atoms with E-state index in [9.17, 15) is 0 Å². The third-order valence-corrected chi connectivity index (χ3v) is 2.01. The molecule has 0 bridgehead atoms. The van der Waals surface area contributed by atoms with E-state index in [1.165, 1.54) is 0 Å². The maximum atomic E-state index is 8.94. The van der Waals surface area contributed by atoms with Gasteiger partial charge in [0.1, 0.15) is 0 Å². The van der Waals surface area contributed by atoms with Crippen LogP contribution in [-0.2, 0) is 0 Å². The molecule has 6 heteroatoms. The third kappa shape index (κ3) is 1.40. The summed E-state index contributed by atoms with van der Waals surface area (Å²) in [5.41, 5.74) is 7.31. The summed E-state index contributed by atoms with van der Waals surface area (Å²) in [6.07, 6.45) is 6.66. The average molecular weight is 193 g/mol. The summed E-state index contributed by atoms with van der Waals surface area (Å²) in [6, 6.07) is -0.424. The predicted octanol–water partition coefficient (Wildman–Crippen LogP) is -0.413. The lowest BCUT2D eigenvalue weighted by molar-refractivity contribution is 0.265. The predicted molar refractivity (Wildman–Crippen MR) is 49.7 cm³/mol.